The molecular weight excluding hydrogens is 697 g/mol. The van der Waals surface area contributed by atoms with Crippen molar-refractivity contribution in [2.75, 3.05) is 38.2 Å². The van der Waals surface area contributed by atoms with Crippen molar-refractivity contribution >= 4 is 33.3 Å². The third-order valence-electron chi connectivity index (χ3n) is 9.81. The van der Waals surface area contributed by atoms with Gasteiger partial charge in [0.05, 0.1) is 41.7 Å². The molecule has 0 aliphatic carbocycles. The number of aliphatic hydroxyl groups excluding tert-OH is 1. The molecule has 3 aromatic carbocycles. The first-order chi connectivity index (χ1) is 25.6. The Morgan fingerprint density at radius 3 is 2.49 bits per heavy atom. The summed E-state index contributed by atoms with van der Waals surface area (Å²) < 4.78 is 46.8. The topological polar surface area (TPSA) is 156 Å². The van der Waals surface area contributed by atoms with Crippen LogP contribution in [0.2, 0.25) is 0 Å². The number of nitrogens with one attached hydrogen (secondary N) is 3. The van der Waals surface area contributed by atoms with E-state index in [-0.39, 0.29) is 55.0 Å². The Bertz CT molecular complexity index is 1840. The molecule has 5 unspecified atom stereocenters. The quantitative estimate of drug-likeness (QED) is 0.114. The first-order valence-electron chi connectivity index (χ1n) is 18.4. The van der Waals surface area contributed by atoms with Crippen molar-refractivity contribution < 1.29 is 37.3 Å². The van der Waals surface area contributed by atoms with Gasteiger partial charge >= 0.3 is 6.09 Å². The average Bonchev–Trinajstić information content (AvgIpc) is 3.85. The van der Waals surface area contributed by atoms with Crippen LogP contribution < -0.4 is 16.0 Å². The maximum absolute atomic E-state index is 14.3. The minimum atomic E-state index is -4.16. The molecule has 6 rings (SSSR count). The van der Waals surface area contributed by atoms with Gasteiger partial charge in [-0.05, 0) is 67.3 Å². The van der Waals surface area contributed by atoms with Gasteiger partial charge in [-0.1, -0.05) is 74.5 Å². The zero-order valence-corrected chi connectivity index (χ0v) is 31.1. The number of anilines is 1. The molecule has 3 aromatic rings. The molecule has 3 aliphatic heterocycles. The van der Waals surface area contributed by atoms with Crippen molar-refractivity contribution in [3.63, 3.8) is 0 Å². The summed E-state index contributed by atoms with van der Waals surface area (Å²) in [5, 5.41) is 20.6. The van der Waals surface area contributed by atoms with E-state index in [4.69, 9.17) is 14.2 Å². The molecule has 0 aromatic heterocycles. The highest BCUT2D eigenvalue weighted by atomic mass is 32.2. The number of alkyl carbamates (subject to hydrolysis) is 1. The molecule has 53 heavy (non-hydrogen) atoms. The molecular formula is C40H50N4O8S. The van der Waals surface area contributed by atoms with Crippen LogP contribution in [0, 0.1) is 11.8 Å². The van der Waals surface area contributed by atoms with Crippen molar-refractivity contribution in [3.8, 4) is 0 Å². The fourth-order valence-electron chi connectivity index (χ4n) is 7.03. The lowest BCUT2D eigenvalue weighted by Crippen LogP contribution is -2.51. The van der Waals surface area contributed by atoms with E-state index in [2.05, 4.69) is 28.1 Å². The molecule has 0 spiro atoms. The van der Waals surface area contributed by atoms with Crippen LogP contribution >= 0.6 is 0 Å². The van der Waals surface area contributed by atoms with E-state index in [0.717, 1.165) is 31.2 Å². The number of sulfonamides is 1. The lowest BCUT2D eigenvalue weighted by Gasteiger charge is -2.31. The number of carbonyl (C=O) groups excluding carboxylic acids is 2. The fourth-order valence-corrected chi connectivity index (χ4v) is 8.68. The van der Waals surface area contributed by atoms with E-state index in [1.54, 1.807) is 12.3 Å². The maximum atomic E-state index is 14.3. The van der Waals surface area contributed by atoms with Gasteiger partial charge in [0.2, 0.25) is 10.0 Å². The number of carbonyl (C=O) groups is 2. The third-order valence-corrected chi connectivity index (χ3v) is 11.6. The van der Waals surface area contributed by atoms with Crippen LogP contribution in [0.25, 0.3) is 5.57 Å². The summed E-state index contributed by atoms with van der Waals surface area (Å²) in [5.74, 6) is -0.452. The number of amides is 2. The minimum Gasteiger partial charge on any atom is -0.443 e. The van der Waals surface area contributed by atoms with E-state index >= 15 is 0 Å². The van der Waals surface area contributed by atoms with Gasteiger partial charge in [-0.3, -0.25) is 4.79 Å². The molecule has 2 fully saturated rings. The molecule has 4 N–H and O–H groups in total. The summed E-state index contributed by atoms with van der Waals surface area (Å²) in [5.41, 5.74) is 3.49. The van der Waals surface area contributed by atoms with Crippen LogP contribution in [0.15, 0.2) is 90.0 Å². The second-order valence-corrected chi connectivity index (χ2v) is 16.2. The molecule has 2 saturated heterocycles. The van der Waals surface area contributed by atoms with Gasteiger partial charge in [0.15, 0.2) is 6.29 Å². The summed E-state index contributed by atoms with van der Waals surface area (Å²) >= 11 is 0. The van der Waals surface area contributed by atoms with Crippen molar-refractivity contribution in [2.45, 2.75) is 75.4 Å². The van der Waals surface area contributed by atoms with E-state index < -0.39 is 34.4 Å². The first-order valence-corrected chi connectivity index (χ1v) is 19.9. The maximum Gasteiger partial charge on any atom is 0.407 e. The molecule has 284 valence electrons. The Labute approximate surface area is 311 Å². The molecule has 0 bridgehead atoms. The predicted molar refractivity (Wildman–Crippen MR) is 201 cm³/mol. The van der Waals surface area contributed by atoms with Gasteiger partial charge in [-0.25, -0.2) is 13.2 Å². The van der Waals surface area contributed by atoms with Crippen molar-refractivity contribution in [1.82, 2.24) is 14.9 Å². The Kier molecular flexibility index (Phi) is 12.8. The van der Waals surface area contributed by atoms with Gasteiger partial charge < -0.3 is 35.3 Å². The van der Waals surface area contributed by atoms with Crippen LogP contribution in [-0.4, -0.2) is 87.2 Å². The fraction of sp³-hybridized carbons (Fsp3) is 0.450. The molecule has 12 nitrogen and oxygen atoms in total. The Hall–Kier alpha value is -4.27. The molecule has 0 saturated carbocycles. The smallest absolute Gasteiger partial charge is 0.407 e. The molecule has 3 aliphatic rings. The summed E-state index contributed by atoms with van der Waals surface area (Å²) in [6.45, 7) is 5.04. The number of aliphatic hydroxyl groups is 1. The highest BCUT2D eigenvalue weighted by Gasteiger charge is 2.44. The molecule has 13 heteroatoms. The third kappa shape index (κ3) is 9.84. The molecule has 5 atom stereocenters. The predicted octanol–water partition coefficient (Wildman–Crippen LogP) is 4.70. The van der Waals surface area contributed by atoms with Crippen molar-refractivity contribution in [1.29, 1.82) is 0 Å². The highest BCUT2D eigenvalue weighted by molar-refractivity contribution is 7.89. The number of rotatable bonds is 17. The normalized spacial score (nSPS) is 21.3. The van der Waals surface area contributed by atoms with E-state index in [9.17, 15) is 23.1 Å². The second-order valence-electron chi connectivity index (χ2n) is 14.3. The van der Waals surface area contributed by atoms with Crippen molar-refractivity contribution in [2.24, 2.45) is 11.8 Å². The first kappa shape index (κ1) is 38.5. The van der Waals surface area contributed by atoms with Crippen LogP contribution in [0.5, 0.6) is 0 Å². The van der Waals surface area contributed by atoms with Crippen LogP contribution in [-0.2, 0) is 41.9 Å². The number of hydrogen-bond donors (Lipinski definition) is 4. The van der Waals surface area contributed by atoms with Crippen LogP contribution in [0.4, 0.5) is 10.5 Å². The Morgan fingerprint density at radius 2 is 1.75 bits per heavy atom. The summed E-state index contributed by atoms with van der Waals surface area (Å²) in [6.07, 6.45) is 2.57. The SMILES string of the molecule is CC(C)CN(CC(O)C(Cc1ccccc1)NC(=O)OC1COC2OCCC12)S(=O)(=O)c1ccc2c(c1)/C(=C\NCCCCc1ccccc1)C(=O)N2. The number of unbranched alkanes of at least 4 members (excludes halogenated alkanes) is 1. The Morgan fingerprint density at radius 1 is 1.02 bits per heavy atom. The van der Waals surface area contributed by atoms with Crippen LogP contribution in [0.3, 0.4) is 0 Å². The monoisotopic (exact) mass is 746 g/mol. The molecule has 2 amide bonds. The summed E-state index contributed by atoms with van der Waals surface area (Å²) in [6, 6.07) is 23.3. The standard InChI is InChI=1S/C40H50N4O8S/c1-27(2)24-44(25-36(45)35(21-29-14-7-4-8-15-29)43-40(47)52-37-26-51-39-31(37)18-20-50-39)53(48,49)30-16-17-34-32(22-30)33(38(46)42-34)23-41-19-10-9-13-28-11-5-3-6-12-28/h3-8,11-12,14-17,22-23,27,31,35-37,39,41,45H,9-10,13,18-21,24-26H2,1-2H3,(H,42,46)(H,43,47)/b33-23+. The summed E-state index contributed by atoms with van der Waals surface area (Å²) in [4.78, 5) is 26.1. The minimum absolute atomic E-state index is 0.00379. The zero-order chi connectivity index (χ0) is 37.4. The van der Waals surface area contributed by atoms with E-state index in [0.29, 0.717) is 30.0 Å². The number of nitrogens with zero attached hydrogens (tertiary/aromatic N) is 1. The summed E-state index contributed by atoms with van der Waals surface area (Å²) in [7, 11) is -4.16. The number of hydrogen-bond acceptors (Lipinski definition) is 9. The van der Waals surface area contributed by atoms with Gasteiger partial charge in [0.1, 0.15) is 6.10 Å². The number of benzene rings is 3. The molecule has 0 radical (unpaired) electrons. The van der Waals surface area contributed by atoms with Gasteiger partial charge in [-0.15, -0.1) is 0 Å². The van der Waals surface area contributed by atoms with Crippen LogP contribution in [0.1, 0.15) is 49.8 Å². The lowest BCUT2D eigenvalue weighted by atomic mass is 10.0. The van der Waals surface area contributed by atoms with Gasteiger partial charge in [-0.2, -0.15) is 4.31 Å². The lowest BCUT2D eigenvalue weighted by molar-refractivity contribution is -0.110. The largest absolute Gasteiger partial charge is 0.443 e. The van der Waals surface area contributed by atoms with Gasteiger partial charge in [0.25, 0.3) is 5.91 Å². The number of aryl methyl sites for hydroxylation is 1. The van der Waals surface area contributed by atoms with E-state index in [1.807, 2.05) is 62.4 Å². The van der Waals surface area contributed by atoms with Gasteiger partial charge in [0, 0.05) is 37.1 Å². The average molecular weight is 747 g/mol. The Balaban J connectivity index is 1.15. The highest BCUT2D eigenvalue weighted by Crippen LogP contribution is 2.35. The second kappa shape index (κ2) is 17.7. The zero-order valence-electron chi connectivity index (χ0n) is 30.3. The number of fused-ring (bicyclic) bond motifs is 2. The number of ether oxygens (including phenoxy) is 3. The van der Waals surface area contributed by atoms with E-state index in [1.165, 1.54) is 22.0 Å². The van der Waals surface area contributed by atoms with Crippen molar-refractivity contribution in [3.05, 3.63) is 102 Å². The molecule has 3 heterocycles.